The van der Waals surface area contributed by atoms with E-state index in [0.717, 1.165) is 6.26 Å². The van der Waals surface area contributed by atoms with Gasteiger partial charge in [0.15, 0.2) is 0 Å². The molecule has 8 nitrogen and oxygen atoms in total. The van der Waals surface area contributed by atoms with Gasteiger partial charge in [-0.25, -0.2) is 16.8 Å². The van der Waals surface area contributed by atoms with Gasteiger partial charge in [0, 0.05) is 32.4 Å². The summed E-state index contributed by atoms with van der Waals surface area (Å²) in [6.45, 7) is 2.57. The third kappa shape index (κ3) is 5.00. The van der Waals surface area contributed by atoms with E-state index >= 15 is 0 Å². The van der Waals surface area contributed by atoms with E-state index in [9.17, 15) is 21.6 Å². The number of hydrogen-bond donors (Lipinski definition) is 1. The lowest BCUT2D eigenvalue weighted by atomic mass is 10.2. The molecule has 118 valence electrons. The Balaban J connectivity index is 2.58. The fourth-order valence-electron chi connectivity index (χ4n) is 1.91. The van der Waals surface area contributed by atoms with Crippen molar-refractivity contribution in [3.8, 4) is 0 Å². The first-order valence-corrected chi connectivity index (χ1v) is 9.82. The van der Waals surface area contributed by atoms with Gasteiger partial charge < -0.3 is 5.11 Å². The van der Waals surface area contributed by atoms with Gasteiger partial charge in [0.05, 0.1) is 11.5 Å². The van der Waals surface area contributed by atoms with Crippen LogP contribution >= 0.6 is 0 Å². The molecule has 20 heavy (non-hydrogen) atoms. The van der Waals surface area contributed by atoms with Crippen LogP contribution in [0.2, 0.25) is 0 Å². The van der Waals surface area contributed by atoms with Crippen LogP contribution in [0.25, 0.3) is 0 Å². The second-order valence-corrected chi connectivity index (χ2v) is 9.24. The average Bonchev–Trinajstić information content (AvgIpc) is 2.35. The van der Waals surface area contributed by atoms with Crippen molar-refractivity contribution >= 4 is 25.8 Å². The largest absolute Gasteiger partial charge is 0.480 e. The summed E-state index contributed by atoms with van der Waals surface area (Å²) < 4.78 is 47.2. The smallest absolute Gasteiger partial charge is 0.320 e. The summed E-state index contributed by atoms with van der Waals surface area (Å²) >= 11 is 0. The molecule has 0 amide bonds. The molecule has 0 spiro atoms. The number of nitrogens with zero attached hydrogens (tertiary/aromatic N) is 2. The summed E-state index contributed by atoms with van der Waals surface area (Å²) in [5.74, 6) is -1.78. The number of hydrogen-bond acceptors (Lipinski definition) is 6. The van der Waals surface area contributed by atoms with Crippen LogP contribution in [0.4, 0.5) is 0 Å². The van der Waals surface area contributed by atoms with Crippen LogP contribution in [0.1, 0.15) is 6.92 Å². The minimum atomic E-state index is -3.61. The molecule has 1 aliphatic heterocycles. The third-order valence-electron chi connectivity index (χ3n) is 3.28. The molecule has 0 aliphatic carbocycles. The summed E-state index contributed by atoms with van der Waals surface area (Å²) in [5.41, 5.74) is 0. The number of sulfonamides is 1. The number of aliphatic carboxylic acids is 1. The quantitative estimate of drug-likeness (QED) is 0.628. The molecule has 1 heterocycles. The van der Waals surface area contributed by atoms with Gasteiger partial charge >= 0.3 is 5.97 Å². The molecule has 0 aromatic carbocycles. The predicted octanol–water partition coefficient (Wildman–Crippen LogP) is -1.55. The van der Waals surface area contributed by atoms with Crippen LogP contribution in [0.15, 0.2) is 0 Å². The lowest BCUT2D eigenvalue weighted by Crippen LogP contribution is -2.53. The van der Waals surface area contributed by atoms with Crippen LogP contribution in [-0.2, 0) is 24.7 Å². The first kappa shape index (κ1) is 17.3. The maximum Gasteiger partial charge on any atom is 0.320 e. The molecule has 1 saturated heterocycles. The van der Waals surface area contributed by atoms with Crippen LogP contribution < -0.4 is 0 Å². The highest BCUT2D eigenvalue weighted by Crippen LogP contribution is 2.11. The van der Waals surface area contributed by atoms with Gasteiger partial charge in [-0.05, 0) is 6.92 Å². The minimum absolute atomic E-state index is 0.184. The zero-order valence-electron chi connectivity index (χ0n) is 11.5. The van der Waals surface area contributed by atoms with Crippen LogP contribution in [0, 0.1) is 0 Å². The molecule has 1 fully saturated rings. The summed E-state index contributed by atoms with van der Waals surface area (Å²) in [7, 11) is -6.93. The average molecular weight is 328 g/mol. The molecule has 1 N–H and O–H groups in total. The van der Waals surface area contributed by atoms with Crippen LogP contribution in [0.5, 0.6) is 0 Å². The molecule has 0 radical (unpaired) electrons. The van der Waals surface area contributed by atoms with Crippen LogP contribution in [-0.4, -0.2) is 87.1 Å². The highest BCUT2D eigenvalue weighted by atomic mass is 32.2. The van der Waals surface area contributed by atoms with Gasteiger partial charge in [0.2, 0.25) is 10.0 Å². The van der Waals surface area contributed by atoms with E-state index in [1.165, 1.54) is 4.31 Å². The molecule has 0 aromatic heterocycles. The zero-order chi connectivity index (χ0) is 15.6. The Morgan fingerprint density at radius 3 is 2.00 bits per heavy atom. The first-order chi connectivity index (χ1) is 9.03. The van der Waals surface area contributed by atoms with E-state index < -0.39 is 43.4 Å². The second-order valence-electron chi connectivity index (χ2n) is 4.90. The van der Waals surface area contributed by atoms with Crippen molar-refractivity contribution in [1.82, 2.24) is 9.21 Å². The standard InChI is InChI=1S/C10H20N2O6S2/c1-9(10(13)14)11-3-5-12(6-4-11)20(17,18)8-7-19(2,15)16/h9H,3-8H2,1-2H3,(H,13,14). The fourth-order valence-corrected chi connectivity index (χ4v) is 4.94. The van der Waals surface area contributed by atoms with Crippen molar-refractivity contribution in [2.45, 2.75) is 13.0 Å². The van der Waals surface area contributed by atoms with Crippen molar-refractivity contribution in [3.63, 3.8) is 0 Å². The Hall–Kier alpha value is -0.710. The normalized spacial score (nSPS) is 20.7. The van der Waals surface area contributed by atoms with Crippen molar-refractivity contribution in [2.75, 3.05) is 43.9 Å². The number of carboxylic acids is 1. The molecule has 0 saturated carbocycles. The third-order valence-corrected chi connectivity index (χ3v) is 6.36. The molecule has 10 heteroatoms. The summed E-state index contributed by atoms with van der Waals surface area (Å²) in [6, 6.07) is -0.657. The molecule has 1 aliphatic rings. The topological polar surface area (TPSA) is 112 Å². The Bertz CT molecular complexity index is 548. The summed E-state index contributed by atoms with van der Waals surface area (Å²) in [5, 5.41) is 8.89. The Kier molecular flexibility index (Phi) is 5.53. The zero-order valence-corrected chi connectivity index (χ0v) is 13.2. The fraction of sp³-hybridized carbons (Fsp3) is 0.900. The highest BCUT2D eigenvalue weighted by molar-refractivity contribution is 7.93. The van der Waals surface area contributed by atoms with Gasteiger partial charge in [0.1, 0.15) is 15.9 Å². The van der Waals surface area contributed by atoms with Crippen LogP contribution in [0.3, 0.4) is 0 Å². The lowest BCUT2D eigenvalue weighted by molar-refractivity contribution is -0.143. The van der Waals surface area contributed by atoms with E-state index in [-0.39, 0.29) is 13.1 Å². The monoisotopic (exact) mass is 328 g/mol. The van der Waals surface area contributed by atoms with Crippen molar-refractivity contribution < 1.29 is 26.7 Å². The van der Waals surface area contributed by atoms with Crippen molar-refractivity contribution in [1.29, 1.82) is 0 Å². The maximum absolute atomic E-state index is 12.0. The molecule has 1 rings (SSSR count). The Morgan fingerprint density at radius 2 is 1.60 bits per heavy atom. The second kappa shape index (κ2) is 6.37. The summed E-state index contributed by atoms with van der Waals surface area (Å²) in [6.07, 6.45) is 0.995. The van der Waals surface area contributed by atoms with Crippen molar-refractivity contribution in [3.05, 3.63) is 0 Å². The van der Waals surface area contributed by atoms with E-state index in [0.29, 0.717) is 13.1 Å². The number of piperazine rings is 1. The lowest BCUT2D eigenvalue weighted by Gasteiger charge is -2.35. The van der Waals surface area contributed by atoms with E-state index in [4.69, 9.17) is 5.11 Å². The van der Waals surface area contributed by atoms with Gasteiger partial charge in [-0.15, -0.1) is 0 Å². The van der Waals surface area contributed by atoms with Gasteiger partial charge in [0.25, 0.3) is 0 Å². The number of carboxylic acid groups (broad SMARTS) is 1. The number of rotatable bonds is 6. The first-order valence-electron chi connectivity index (χ1n) is 6.15. The van der Waals surface area contributed by atoms with Gasteiger partial charge in [-0.1, -0.05) is 0 Å². The SMILES string of the molecule is CC(C(=O)O)N1CCN(S(=O)(=O)CCS(C)(=O)=O)CC1. The summed E-state index contributed by atoms with van der Waals surface area (Å²) in [4.78, 5) is 12.5. The van der Waals surface area contributed by atoms with Crippen molar-refractivity contribution in [2.24, 2.45) is 0 Å². The number of carbonyl (C=O) groups is 1. The van der Waals surface area contributed by atoms with E-state index in [1.807, 2.05) is 0 Å². The Morgan fingerprint density at radius 1 is 1.10 bits per heavy atom. The molecule has 1 unspecified atom stereocenters. The Labute approximate surface area is 119 Å². The molecular weight excluding hydrogens is 308 g/mol. The maximum atomic E-state index is 12.0. The van der Waals surface area contributed by atoms with Gasteiger partial charge in [-0.2, -0.15) is 4.31 Å². The van der Waals surface area contributed by atoms with Gasteiger partial charge in [-0.3, -0.25) is 9.69 Å². The number of sulfone groups is 1. The molecular formula is C10H20N2O6S2. The molecule has 1 atom stereocenters. The molecule has 0 aromatic rings. The highest BCUT2D eigenvalue weighted by Gasteiger charge is 2.30. The minimum Gasteiger partial charge on any atom is -0.480 e. The predicted molar refractivity (Wildman–Crippen MR) is 73.7 cm³/mol. The molecule has 0 bridgehead atoms. The van der Waals surface area contributed by atoms with E-state index in [2.05, 4.69) is 0 Å². The van der Waals surface area contributed by atoms with E-state index in [1.54, 1.807) is 11.8 Å².